The molecule has 0 unspecified atom stereocenters. The Morgan fingerprint density at radius 2 is 1.82 bits per heavy atom. The molecule has 0 bridgehead atoms. The third kappa shape index (κ3) is 5.58. The maximum absolute atomic E-state index is 12.0. The third-order valence-electron chi connectivity index (χ3n) is 2.91. The molecule has 2 nitrogen and oxygen atoms in total. The van der Waals surface area contributed by atoms with Gasteiger partial charge in [-0.05, 0) is 35.9 Å². The fourth-order valence-electron chi connectivity index (χ4n) is 1.84. The fraction of sp³-hybridized carbons (Fsp3) is 0.167. The van der Waals surface area contributed by atoms with Crippen LogP contribution in [0.1, 0.15) is 12.0 Å². The number of anilines is 1. The van der Waals surface area contributed by atoms with E-state index in [0.717, 1.165) is 28.3 Å². The lowest BCUT2D eigenvalue weighted by atomic mass is 10.2. The quantitative estimate of drug-likeness (QED) is 0.332. The summed E-state index contributed by atoms with van der Waals surface area (Å²) in [6.07, 6.45) is 4.30. The largest absolute Gasteiger partial charge is 0.321 e. The van der Waals surface area contributed by atoms with Crippen molar-refractivity contribution in [3.63, 3.8) is 0 Å². The summed E-state index contributed by atoms with van der Waals surface area (Å²) in [6.45, 7) is 0. The second-order valence-electron chi connectivity index (χ2n) is 4.62. The first-order valence-electron chi connectivity index (χ1n) is 7.11. The van der Waals surface area contributed by atoms with Gasteiger partial charge in [-0.1, -0.05) is 42.5 Å². The Labute approximate surface area is 140 Å². The maximum atomic E-state index is 12.0. The summed E-state index contributed by atoms with van der Waals surface area (Å²) in [6, 6.07) is 17.6. The number of hydrogen-bond donors (Lipinski definition) is 1. The summed E-state index contributed by atoms with van der Waals surface area (Å²) >= 11 is 7.40. The minimum absolute atomic E-state index is 0.130. The molecule has 4 heteroatoms. The van der Waals surface area contributed by atoms with Crippen LogP contribution in [0.2, 0.25) is 0 Å². The SMILES string of the molecule is O=C(/C=C/c1ccccc1)Nc1ccccc1SCCCCl. The number of benzene rings is 2. The Morgan fingerprint density at radius 1 is 1.09 bits per heavy atom. The summed E-state index contributed by atoms with van der Waals surface area (Å²) in [7, 11) is 0. The number of hydrogen-bond acceptors (Lipinski definition) is 2. The average molecular weight is 332 g/mol. The van der Waals surface area contributed by atoms with Crippen LogP contribution in [0.4, 0.5) is 5.69 Å². The first-order chi connectivity index (χ1) is 10.8. The van der Waals surface area contributed by atoms with Crippen LogP contribution in [-0.2, 0) is 4.79 Å². The molecule has 0 aromatic heterocycles. The summed E-state index contributed by atoms with van der Waals surface area (Å²) in [5, 5.41) is 2.93. The minimum atomic E-state index is -0.130. The van der Waals surface area contributed by atoms with E-state index in [0.29, 0.717) is 5.88 Å². The minimum Gasteiger partial charge on any atom is -0.321 e. The molecule has 0 heterocycles. The van der Waals surface area contributed by atoms with Crippen molar-refractivity contribution < 1.29 is 4.79 Å². The molecular weight excluding hydrogens is 314 g/mol. The number of nitrogens with one attached hydrogen (secondary N) is 1. The molecule has 0 saturated heterocycles. The van der Waals surface area contributed by atoms with Gasteiger partial charge in [0.15, 0.2) is 0 Å². The molecule has 0 fully saturated rings. The van der Waals surface area contributed by atoms with Gasteiger partial charge < -0.3 is 5.32 Å². The summed E-state index contributed by atoms with van der Waals surface area (Å²) in [5.74, 6) is 1.46. The van der Waals surface area contributed by atoms with Crippen LogP contribution >= 0.6 is 23.4 Å². The monoisotopic (exact) mass is 331 g/mol. The molecule has 0 spiro atoms. The van der Waals surface area contributed by atoms with Gasteiger partial charge in [-0.2, -0.15) is 0 Å². The topological polar surface area (TPSA) is 29.1 Å². The summed E-state index contributed by atoms with van der Waals surface area (Å²) < 4.78 is 0. The fourth-order valence-corrected chi connectivity index (χ4v) is 3.09. The molecule has 0 atom stereocenters. The molecule has 2 aromatic carbocycles. The standard InChI is InChI=1S/C18H18ClNOS/c19-13-6-14-22-17-10-5-4-9-16(17)20-18(21)12-11-15-7-2-1-3-8-15/h1-5,7-12H,6,13-14H2,(H,20,21)/b12-11+. The zero-order chi connectivity index (χ0) is 15.6. The van der Waals surface area contributed by atoms with E-state index in [1.54, 1.807) is 23.9 Å². The van der Waals surface area contributed by atoms with E-state index in [-0.39, 0.29) is 5.91 Å². The lowest BCUT2D eigenvalue weighted by Crippen LogP contribution is -2.08. The van der Waals surface area contributed by atoms with Gasteiger partial charge in [0, 0.05) is 16.9 Å². The molecule has 1 N–H and O–H groups in total. The molecule has 0 aliphatic rings. The zero-order valence-electron chi connectivity index (χ0n) is 12.2. The van der Waals surface area contributed by atoms with Gasteiger partial charge in [-0.15, -0.1) is 23.4 Å². The Hall–Kier alpha value is -1.71. The van der Waals surface area contributed by atoms with E-state index >= 15 is 0 Å². The number of amides is 1. The van der Waals surface area contributed by atoms with Gasteiger partial charge in [-0.25, -0.2) is 0 Å². The molecule has 2 aromatic rings. The highest BCUT2D eigenvalue weighted by Crippen LogP contribution is 2.27. The van der Waals surface area contributed by atoms with E-state index in [1.807, 2.05) is 54.6 Å². The average Bonchev–Trinajstić information content (AvgIpc) is 2.56. The summed E-state index contributed by atoms with van der Waals surface area (Å²) in [4.78, 5) is 13.1. The van der Waals surface area contributed by atoms with Gasteiger partial charge in [0.25, 0.3) is 0 Å². The number of halogens is 1. The zero-order valence-corrected chi connectivity index (χ0v) is 13.7. The van der Waals surface area contributed by atoms with Crippen molar-refractivity contribution in [3.05, 3.63) is 66.2 Å². The van der Waals surface area contributed by atoms with Crippen LogP contribution in [0.3, 0.4) is 0 Å². The van der Waals surface area contributed by atoms with Crippen LogP contribution in [0.5, 0.6) is 0 Å². The van der Waals surface area contributed by atoms with Crippen molar-refractivity contribution in [3.8, 4) is 0 Å². The molecule has 0 aliphatic heterocycles. The van der Waals surface area contributed by atoms with Crippen LogP contribution in [0, 0.1) is 0 Å². The van der Waals surface area contributed by atoms with Crippen LogP contribution in [0.15, 0.2) is 65.6 Å². The van der Waals surface area contributed by atoms with Crippen LogP contribution in [0.25, 0.3) is 6.08 Å². The maximum Gasteiger partial charge on any atom is 0.248 e. The highest BCUT2D eigenvalue weighted by atomic mass is 35.5. The van der Waals surface area contributed by atoms with Crippen molar-refractivity contribution in [2.45, 2.75) is 11.3 Å². The van der Waals surface area contributed by atoms with E-state index in [4.69, 9.17) is 11.6 Å². The highest BCUT2D eigenvalue weighted by molar-refractivity contribution is 7.99. The number of thioether (sulfide) groups is 1. The van der Waals surface area contributed by atoms with Crippen molar-refractivity contribution >= 4 is 41.0 Å². The van der Waals surface area contributed by atoms with Crippen LogP contribution in [-0.4, -0.2) is 17.5 Å². The van der Waals surface area contributed by atoms with Gasteiger partial charge in [0.2, 0.25) is 5.91 Å². The Bertz CT molecular complexity index is 628. The highest BCUT2D eigenvalue weighted by Gasteiger charge is 2.04. The predicted molar refractivity (Wildman–Crippen MR) is 96.6 cm³/mol. The van der Waals surface area contributed by atoms with Crippen molar-refractivity contribution in [1.82, 2.24) is 0 Å². The van der Waals surface area contributed by atoms with Crippen molar-refractivity contribution in [1.29, 1.82) is 0 Å². The molecule has 114 valence electrons. The number of alkyl halides is 1. The van der Waals surface area contributed by atoms with Crippen LogP contribution < -0.4 is 5.32 Å². The molecule has 0 saturated carbocycles. The smallest absolute Gasteiger partial charge is 0.248 e. The van der Waals surface area contributed by atoms with E-state index in [2.05, 4.69) is 5.32 Å². The second kappa shape index (κ2) is 9.34. The number of rotatable bonds is 7. The lowest BCUT2D eigenvalue weighted by Gasteiger charge is -2.09. The number of para-hydroxylation sites is 1. The first-order valence-corrected chi connectivity index (χ1v) is 8.63. The Balaban J connectivity index is 1.98. The van der Waals surface area contributed by atoms with Crippen molar-refractivity contribution in [2.24, 2.45) is 0 Å². The van der Waals surface area contributed by atoms with E-state index in [1.165, 1.54) is 0 Å². The first kappa shape index (κ1) is 16.7. The number of carbonyl (C=O) groups is 1. The lowest BCUT2D eigenvalue weighted by molar-refractivity contribution is -0.111. The molecule has 2 rings (SSSR count). The molecule has 1 amide bonds. The van der Waals surface area contributed by atoms with E-state index < -0.39 is 0 Å². The normalized spacial score (nSPS) is 10.8. The van der Waals surface area contributed by atoms with Gasteiger partial charge in [-0.3, -0.25) is 4.79 Å². The molecule has 22 heavy (non-hydrogen) atoms. The van der Waals surface area contributed by atoms with Gasteiger partial charge >= 0.3 is 0 Å². The van der Waals surface area contributed by atoms with Crippen molar-refractivity contribution in [2.75, 3.05) is 16.9 Å². The molecule has 0 radical (unpaired) electrons. The second-order valence-corrected chi connectivity index (χ2v) is 6.14. The molecule has 0 aliphatic carbocycles. The Morgan fingerprint density at radius 3 is 2.59 bits per heavy atom. The Kier molecular flexibility index (Phi) is 7.07. The predicted octanol–water partition coefficient (Wildman–Crippen LogP) is 5.06. The molecular formula is C18H18ClNOS. The van der Waals surface area contributed by atoms with Gasteiger partial charge in [0.05, 0.1) is 5.69 Å². The van der Waals surface area contributed by atoms with E-state index in [9.17, 15) is 4.79 Å². The third-order valence-corrected chi connectivity index (χ3v) is 4.33. The van der Waals surface area contributed by atoms with Gasteiger partial charge in [0.1, 0.15) is 0 Å². The number of carbonyl (C=O) groups excluding carboxylic acids is 1. The summed E-state index contributed by atoms with van der Waals surface area (Å²) in [5.41, 5.74) is 1.84.